The van der Waals surface area contributed by atoms with Crippen LogP contribution in [0.1, 0.15) is 24.0 Å². The van der Waals surface area contributed by atoms with Gasteiger partial charge in [0.1, 0.15) is 5.75 Å². The highest BCUT2D eigenvalue weighted by atomic mass is 19.4. The van der Waals surface area contributed by atoms with Crippen LogP contribution in [0.5, 0.6) is 5.75 Å². The van der Waals surface area contributed by atoms with Crippen molar-refractivity contribution in [3.8, 4) is 5.75 Å². The van der Waals surface area contributed by atoms with Crippen LogP contribution in [0.3, 0.4) is 0 Å². The number of rotatable bonds is 4. The Morgan fingerprint density at radius 2 is 1.84 bits per heavy atom. The molecule has 2 aliphatic heterocycles. The van der Waals surface area contributed by atoms with Crippen molar-refractivity contribution in [2.75, 3.05) is 36.5 Å². The van der Waals surface area contributed by atoms with Crippen LogP contribution < -0.4 is 19.9 Å². The lowest BCUT2D eigenvalue weighted by atomic mass is 9.82. The number of ether oxygens (including phenoxy) is 1. The predicted molar refractivity (Wildman–Crippen MR) is 116 cm³/mol. The highest BCUT2D eigenvalue weighted by Gasteiger charge is 2.43. The van der Waals surface area contributed by atoms with Crippen molar-refractivity contribution < 1.29 is 22.7 Å². The molecule has 1 amide bonds. The number of nitrogens with zero attached hydrogens (tertiary/aromatic N) is 2. The normalized spacial score (nSPS) is 22.8. The van der Waals surface area contributed by atoms with Crippen molar-refractivity contribution in [2.24, 2.45) is 5.92 Å². The van der Waals surface area contributed by atoms with Gasteiger partial charge in [-0.05, 0) is 67.3 Å². The number of benzene rings is 2. The maximum atomic E-state index is 13.3. The molecule has 5 nitrogen and oxygen atoms in total. The Hall–Kier alpha value is -2.90. The predicted octanol–water partition coefficient (Wildman–Crippen LogP) is 3.86. The maximum absolute atomic E-state index is 13.3. The fraction of sp³-hybridized carbons (Fsp3) is 0.458. The lowest BCUT2D eigenvalue weighted by Gasteiger charge is -2.49. The first kappa shape index (κ1) is 21.0. The molecule has 0 spiro atoms. The number of alkyl halides is 3. The Balaban J connectivity index is 1.45. The van der Waals surface area contributed by atoms with Crippen LogP contribution in [0.25, 0.3) is 0 Å². The van der Waals surface area contributed by atoms with Gasteiger partial charge in [-0.2, -0.15) is 13.2 Å². The van der Waals surface area contributed by atoms with Crippen molar-refractivity contribution in [1.29, 1.82) is 0 Å². The number of piperazine rings is 1. The molecule has 1 aliphatic carbocycles. The molecule has 0 bridgehead atoms. The summed E-state index contributed by atoms with van der Waals surface area (Å²) < 4.78 is 45.2. The molecular weight excluding hydrogens is 419 g/mol. The Labute approximate surface area is 185 Å². The first-order valence-electron chi connectivity index (χ1n) is 11.0. The van der Waals surface area contributed by atoms with Crippen LogP contribution in [0.2, 0.25) is 0 Å². The summed E-state index contributed by atoms with van der Waals surface area (Å²) >= 11 is 0. The third-order valence-corrected chi connectivity index (χ3v) is 6.74. The molecule has 1 N–H and O–H groups in total. The number of anilines is 2. The maximum Gasteiger partial charge on any atom is 0.416 e. The largest absolute Gasteiger partial charge is 0.497 e. The molecule has 2 heterocycles. The van der Waals surface area contributed by atoms with E-state index in [1.807, 2.05) is 24.3 Å². The molecule has 2 atom stereocenters. The zero-order valence-corrected chi connectivity index (χ0v) is 17.9. The summed E-state index contributed by atoms with van der Waals surface area (Å²) in [5, 5.41) is 3.08. The number of carbonyl (C=O) groups is 1. The van der Waals surface area contributed by atoms with Gasteiger partial charge in [0, 0.05) is 37.1 Å². The third kappa shape index (κ3) is 3.98. The van der Waals surface area contributed by atoms with E-state index >= 15 is 0 Å². The summed E-state index contributed by atoms with van der Waals surface area (Å²) in [6.07, 6.45) is -2.14. The summed E-state index contributed by atoms with van der Waals surface area (Å²) in [5.41, 5.74) is 1.80. The molecule has 2 aromatic carbocycles. The van der Waals surface area contributed by atoms with E-state index in [2.05, 4.69) is 15.1 Å². The van der Waals surface area contributed by atoms with E-state index in [1.165, 1.54) is 6.07 Å². The molecule has 0 unspecified atom stereocenters. The van der Waals surface area contributed by atoms with Gasteiger partial charge in [-0.15, -0.1) is 0 Å². The fourth-order valence-corrected chi connectivity index (χ4v) is 4.86. The Bertz CT molecular complexity index is 1000. The molecule has 1 saturated carbocycles. The number of methoxy groups -OCH3 is 1. The standard InChI is InChI=1S/C24H26F3N3O2/c1-32-19-7-5-18(6-8-19)29-10-11-30-21-9-2-16(24(25,26)27)12-15(21)13-20(22(30)14-29)23(31)28-17-3-4-17/h2,5-9,12,17,20,22H,3-4,10-11,13-14H2,1H3,(H,28,31)/t20-,22+/m0/s1. The minimum Gasteiger partial charge on any atom is -0.497 e. The van der Waals surface area contributed by atoms with Gasteiger partial charge in [0.05, 0.1) is 24.6 Å². The van der Waals surface area contributed by atoms with Crippen molar-refractivity contribution in [3.05, 3.63) is 53.6 Å². The molecule has 1 saturated heterocycles. The van der Waals surface area contributed by atoms with Crippen molar-refractivity contribution in [1.82, 2.24) is 5.32 Å². The van der Waals surface area contributed by atoms with E-state index in [9.17, 15) is 18.0 Å². The Morgan fingerprint density at radius 1 is 1.09 bits per heavy atom. The van der Waals surface area contributed by atoms with Crippen LogP contribution in [0, 0.1) is 5.92 Å². The highest BCUT2D eigenvalue weighted by molar-refractivity contribution is 5.83. The zero-order chi connectivity index (χ0) is 22.5. The summed E-state index contributed by atoms with van der Waals surface area (Å²) in [5.74, 6) is 0.330. The van der Waals surface area contributed by atoms with Crippen LogP contribution in [0.15, 0.2) is 42.5 Å². The van der Waals surface area contributed by atoms with Gasteiger partial charge in [-0.1, -0.05) is 0 Å². The average Bonchev–Trinajstić information content (AvgIpc) is 3.61. The van der Waals surface area contributed by atoms with Crippen LogP contribution in [-0.4, -0.2) is 44.7 Å². The van der Waals surface area contributed by atoms with Gasteiger partial charge in [-0.3, -0.25) is 4.79 Å². The molecule has 32 heavy (non-hydrogen) atoms. The summed E-state index contributed by atoms with van der Waals surface area (Å²) in [7, 11) is 1.63. The molecule has 5 rings (SSSR count). The molecule has 3 aliphatic rings. The molecule has 2 fully saturated rings. The molecule has 2 aromatic rings. The van der Waals surface area contributed by atoms with Crippen molar-refractivity contribution in [3.63, 3.8) is 0 Å². The highest BCUT2D eigenvalue weighted by Crippen LogP contribution is 2.40. The van der Waals surface area contributed by atoms with Crippen molar-refractivity contribution in [2.45, 2.75) is 37.5 Å². The number of nitrogens with one attached hydrogen (secondary N) is 1. The Morgan fingerprint density at radius 3 is 2.50 bits per heavy atom. The van der Waals surface area contributed by atoms with E-state index in [4.69, 9.17) is 4.74 Å². The van der Waals surface area contributed by atoms with Gasteiger partial charge >= 0.3 is 6.18 Å². The van der Waals surface area contributed by atoms with Gasteiger partial charge in [0.15, 0.2) is 0 Å². The minimum atomic E-state index is -4.40. The van der Waals surface area contributed by atoms with Crippen LogP contribution in [0.4, 0.5) is 24.5 Å². The molecule has 8 heteroatoms. The van der Waals surface area contributed by atoms with Gasteiger partial charge in [0.25, 0.3) is 0 Å². The van der Waals surface area contributed by atoms with Crippen LogP contribution >= 0.6 is 0 Å². The lowest BCUT2D eigenvalue weighted by molar-refractivity contribution is -0.137. The molecule has 0 aromatic heterocycles. The second-order valence-corrected chi connectivity index (χ2v) is 8.84. The molecule has 170 valence electrons. The van der Waals surface area contributed by atoms with E-state index in [-0.39, 0.29) is 18.0 Å². The number of fused-ring (bicyclic) bond motifs is 3. The van der Waals surface area contributed by atoms with E-state index in [0.717, 1.165) is 42.6 Å². The summed E-state index contributed by atoms with van der Waals surface area (Å²) in [6, 6.07) is 11.9. The fourth-order valence-electron chi connectivity index (χ4n) is 4.86. The van der Waals surface area contributed by atoms with Crippen molar-refractivity contribution >= 4 is 17.3 Å². The summed E-state index contributed by atoms with van der Waals surface area (Å²) in [6.45, 7) is 2.00. The second kappa shape index (κ2) is 7.90. The zero-order valence-electron chi connectivity index (χ0n) is 17.9. The average molecular weight is 445 g/mol. The van der Waals surface area contributed by atoms with E-state index < -0.39 is 17.7 Å². The number of halogens is 3. The monoisotopic (exact) mass is 445 g/mol. The topological polar surface area (TPSA) is 44.8 Å². The first-order valence-corrected chi connectivity index (χ1v) is 11.0. The number of hydrogen-bond donors (Lipinski definition) is 1. The number of hydrogen-bond acceptors (Lipinski definition) is 4. The minimum absolute atomic E-state index is 0.0536. The first-order chi connectivity index (χ1) is 15.3. The third-order valence-electron chi connectivity index (χ3n) is 6.74. The smallest absolute Gasteiger partial charge is 0.416 e. The van der Waals surface area contributed by atoms with E-state index in [0.29, 0.717) is 25.1 Å². The van der Waals surface area contributed by atoms with Gasteiger partial charge in [0.2, 0.25) is 5.91 Å². The lowest BCUT2D eigenvalue weighted by Crippen LogP contribution is -2.61. The number of amides is 1. The van der Waals surface area contributed by atoms with Gasteiger partial charge in [-0.25, -0.2) is 0 Å². The van der Waals surface area contributed by atoms with E-state index in [1.54, 1.807) is 13.2 Å². The number of carbonyl (C=O) groups excluding carboxylic acids is 1. The molecule has 0 radical (unpaired) electrons. The second-order valence-electron chi connectivity index (χ2n) is 8.84. The Kier molecular flexibility index (Phi) is 5.18. The van der Waals surface area contributed by atoms with Gasteiger partial charge < -0.3 is 19.9 Å². The SMILES string of the molecule is COc1ccc(N2CCN3c4ccc(C(F)(F)F)cc4C[C@H](C(=O)NC4CC4)[C@H]3C2)cc1. The quantitative estimate of drug-likeness (QED) is 0.777. The van der Waals surface area contributed by atoms with Crippen LogP contribution in [-0.2, 0) is 17.4 Å². The summed E-state index contributed by atoms with van der Waals surface area (Å²) in [4.78, 5) is 17.5. The molecular formula is C24H26F3N3O2.